The number of benzene rings is 1. The van der Waals surface area contributed by atoms with Crippen LogP contribution in [0.2, 0.25) is 0 Å². The van der Waals surface area contributed by atoms with E-state index in [1.165, 1.54) is 11.8 Å². The summed E-state index contributed by atoms with van der Waals surface area (Å²) in [6, 6.07) is 11.4. The molecule has 7 heteroatoms. The maximum absolute atomic E-state index is 12.4. The zero-order valence-corrected chi connectivity index (χ0v) is 16.6. The van der Waals surface area contributed by atoms with Crippen molar-refractivity contribution in [3.63, 3.8) is 0 Å². The number of guanidine groups is 1. The summed E-state index contributed by atoms with van der Waals surface area (Å²) >= 11 is 0. The lowest BCUT2D eigenvalue weighted by Gasteiger charge is -2.36. The summed E-state index contributed by atoms with van der Waals surface area (Å²) in [5.74, 6) is 2.05. The van der Waals surface area contributed by atoms with Crippen molar-refractivity contribution in [1.82, 2.24) is 15.1 Å². The number of rotatable bonds is 6. The highest BCUT2D eigenvalue weighted by Crippen LogP contribution is 2.12. The molecule has 2 aromatic rings. The number of piperazine rings is 1. The molecule has 0 spiro atoms. The maximum Gasteiger partial charge on any atom is 0.289 e. The Labute approximate surface area is 166 Å². The van der Waals surface area contributed by atoms with Crippen LogP contribution in [0, 0.1) is 6.92 Å². The van der Waals surface area contributed by atoms with Gasteiger partial charge in [-0.2, -0.15) is 0 Å². The lowest BCUT2D eigenvalue weighted by atomic mass is 10.2. The fourth-order valence-corrected chi connectivity index (χ4v) is 3.05. The maximum atomic E-state index is 12.4. The van der Waals surface area contributed by atoms with E-state index in [9.17, 15) is 4.79 Å². The minimum Gasteiger partial charge on any atom is -0.492 e. The first kappa shape index (κ1) is 19.8. The Morgan fingerprint density at radius 3 is 2.50 bits per heavy atom. The largest absolute Gasteiger partial charge is 0.492 e. The third-order valence-corrected chi connectivity index (χ3v) is 4.58. The monoisotopic (exact) mass is 384 g/mol. The summed E-state index contributed by atoms with van der Waals surface area (Å²) in [5, 5.41) is 3.33. The number of nitrogens with zero attached hydrogens (tertiary/aromatic N) is 3. The van der Waals surface area contributed by atoms with Gasteiger partial charge in [-0.25, -0.2) is 4.99 Å². The van der Waals surface area contributed by atoms with E-state index in [1.807, 2.05) is 29.2 Å². The molecule has 1 amide bonds. The molecule has 1 aromatic heterocycles. The van der Waals surface area contributed by atoms with Gasteiger partial charge in [0.05, 0.1) is 12.8 Å². The Bertz CT molecular complexity index is 763. The topological polar surface area (TPSA) is 70.3 Å². The molecule has 0 aliphatic carbocycles. The van der Waals surface area contributed by atoms with E-state index in [0.29, 0.717) is 32.0 Å². The molecule has 0 bridgehead atoms. The number of amides is 1. The van der Waals surface area contributed by atoms with Gasteiger partial charge in [-0.1, -0.05) is 17.7 Å². The van der Waals surface area contributed by atoms with Crippen LogP contribution in [0.3, 0.4) is 0 Å². The minimum atomic E-state index is -0.0573. The number of furan rings is 1. The van der Waals surface area contributed by atoms with Crippen molar-refractivity contribution >= 4 is 11.9 Å². The summed E-state index contributed by atoms with van der Waals surface area (Å²) in [4.78, 5) is 21.1. The first-order valence-electron chi connectivity index (χ1n) is 9.73. The van der Waals surface area contributed by atoms with Gasteiger partial charge in [0.25, 0.3) is 5.91 Å². The van der Waals surface area contributed by atoms with Gasteiger partial charge in [-0.15, -0.1) is 0 Å². The molecule has 1 aliphatic rings. The predicted molar refractivity (Wildman–Crippen MR) is 109 cm³/mol. The normalized spacial score (nSPS) is 14.9. The highest BCUT2D eigenvalue weighted by molar-refractivity contribution is 5.91. The van der Waals surface area contributed by atoms with Crippen LogP contribution >= 0.6 is 0 Å². The van der Waals surface area contributed by atoms with E-state index >= 15 is 0 Å². The lowest BCUT2D eigenvalue weighted by Crippen LogP contribution is -2.53. The molecule has 1 fully saturated rings. The van der Waals surface area contributed by atoms with Crippen LogP contribution in [0.5, 0.6) is 5.75 Å². The molecule has 1 aliphatic heterocycles. The third-order valence-electron chi connectivity index (χ3n) is 4.58. The minimum absolute atomic E-state index is 0.0573. The SMILES string of the molecule is CCNC(=NCCOc1ccc(C)cc1)N1CCN(C(=O)c2ccco2)CC1. The molecule has 1 N–H and O–H groups in total. The Kier molecular flexibility index (Phi) is 6.94. The van der Waals surface area contributed by atoms with Crippen molar-refractivity contribution < 1.29 is 13.9 Å². The van der Waals surface area contributed by atoms with Crippen molar-refractivity contribution in [3.8, 4) is 5.75 Å². The van der Waals surface area contributed by atoms with E-state index < -0.39 is 0 Å². The van der Waals surface area contributed by atoms with Crippen molar-refractivity contribution in [3.05, 3.63) is 54.0 Å². The van der Waals surface area contributed by atoms with Crippen LogP contribution in [0.4, 0.5) is 0 Å². The van der Waals surface area contributed by atoms with Crippen molar-refractivity contribution in [1.29, 1.82) is 0 Å². The molecule has 0 atom stereocenters. The zero-order chi connectivity index (χ0) is 19.8. The Balaban J connectivity index is 1.49. The first-order chi connectivity index (χ1) is 13.7. The Morgan fingerprint density at radius 2 is 1.86 bits per heavy atom. The lowest BCUT2D eigenvalue weighted by molar-refractivity contribution is 0.0657. The molecule has 0 radical (unpaired) electrons. The van der Waals surface area contributed by atoms with Crippen LogP contribution in [0.1, 0.15) is 23.0 Å². The van der Waals surface area contributed by atoms with Gasteiger partial charge < -0.3 is 24.3 Å². The molecular formula is C21H28N4O3. The van der Waals surface area contributed by atoms with Gasteiger partial charge in [-0.05, 0) is 38.1 Å². The quantitative estimate of drug-likeness (QED) is 0.470. The van der Waals surface area contributed by atoms with E-state index in [4.69, 9.17) is 9.15 Å². The molecule has 0 saturated carbocycles. The van der Waals surface area contributed by atoms with E-state index in [1.54, 1.807) is 12.1 Å². The summed E-state index contributed by atoms with van der Waals surface area (Å²) in [6.45, 7) is 8.75. The van der Waals surface area contributed by atoms with Crippen LogP contribution in [-0.2, 0) is 0 Å². The molecule has 3 rings (SSSR count). The number of aliphatic imine (C=N–C) groups is 1. The zero-order valence-electron chi connectivity index (χ0n) is 16.6. The molecule has 0 unspecified atom stereocenters. The van der Waals surface area contributed by atoms with Crippen LogP contribution in [0.15, 0.2) is 52.1 Å². The second-order valence-electron chi connectivity index (χ2n) is 6.65. The third kappa shape index (κ3) is 5.28. The summed E-state index contributed by atoms with van der Waals surface area (Å²) in [5.41, 5.74) is 1.21. The number of carbonyl (C=O) groups excluding carboxylic acids is 1. The Morgan fingerprint density at radius 1 is 1.14 bits per heavy atom. The van der Waals surface area contributed by atoms with Crippen LogP contribution in [-0.4, -0.2) is 67.5 Å². The van der Waals surface area contributed by atoms with Crippen LogP contribution in [0.25, 0.3) is 0 Å². The van der Waals surface area contributed by atoms with Crippen molar-refractivity contribution in [2.75, 3.05) is 45.9 Å². The number of hydrogen-bond donors (Lipinski definition) is 1. The smallest absolute Gasteiger partial charge is 0.289 e. The predicted octanol–water partition coefficient (Wildman–Crippen LogP) is 2.39. The highest BCUT2D eigenvalue weighted by Gasteiger charge is 2.25. The number of nitrogens with one attached hydrogen (secondary N) is 1. The molecular weight excluding hydrogens is 356 g/mol. The summed E-state index contributed by atoms with van der Waals surface area (Å²) < 4.78 is 11.0. The summed E-state index contributed by atoms with van der Waals surface area (Å²) in [7, 11) is 0. The average molecular weight is 384 g/mol. The number of ether oxygens (including phenoxy) is 1. The number of aryl methyl sites for hydroxylation is 1. The fourth-order valence-electron chi connectivity index (χ4n) is 3.05. The molecule has 1 aromatic carbocycles. The molecule has 2 heterocycles. The molecule has 28 heavy (non-hydrogen) atoms. The van der Waals surface area contributed by atoms with Gasteiger partial charge in [0.2, 0.25) is 0 Å². The fraction of sp³-hybridized carbons (Fsp3) is 0.429. The van der Waals surface area contributed by atoms with Gasteiger partial charge >= 0.3 is 0 Å². The average Bonchev–Trinajstić information content (AvgIpc) is 3.26. The van der Waals surface area contributed by atoms with E-state index in [2.05, 4.69) is 29.1 Å². The molecule has 150 valence electrons. The van der Waals surface area contributed by atoms with E-state index in [-0.39, 0.29) is 5.91 Å². The van der Waals surface area contributed by atoms with Gasteiger partial charge in [0, 0.05) is 32.7 Å². The van der Waals surface area contributed by atoms with Crippen molar-refractivity contribution in [2.45, 2.75) is 13.8 Å². The van der Waals surface area contributed by atoms with Crippen molar-refractivity contribution in [2.24, 2.45) is 4.99 Å². The van der Waals surface area contributed by atoms with Gasteiger partial charge in [-0.3, -0.25) is 4.79 Å². The number of carbonyl (C=O) groups is 1. The summed E-state index contributed by atoms with van der Waals surface area (Å²) in [6.07, 6.45) is 1.53. The highest BCUT2D eigenvalue weighted by atomic mass is 16.5. The first-order valence-corrected chi connectivity index (χ1v) is 9.73. The molecule has 1 saturated heterocycles. The Hall–Kier alpha value is -2.96. The van der Waals surface area contributed by atoms with Gasteiger partial charge in [0.1, 0.15) is 12.4 Å². The van der Waals surface area contributed by atoms with Gasteiger partial charge in [0.15, 0.2) is 11.7 Å². The second-order valence-corrected chi connectivity index (χ2v) is 6.65. The molecule has 7 nitrogen and oxygen atoms in total. The van der Waals surface area contributed by atoms with Crippen LogP contribution < -0.4 is 10.1 Å². The second kappa shape index (κ2) is 9.82. The number of hydrogen-bond acceptors (Lipinski definition) is 4. The standard InChI is InChI=1S/C21H28N4O3/c1-3-22-21(23-10-16-27-18-8-6-17(2)7-9-18)25-13-11-24(12-14-25)20(26)19-5-4-15-28-19/h4-9,15H,3,10-14,16H2,1-2H3,(H,22,23). The van der Waals surface area contributed by atoms with E-state index in [0.717, 1.165) is 31.3 Å².